The zero-order chi connectivity index (χ0) is 15.7. The van der Waals surface area contributed by atoms with Crippen LogP contribution in [-0.4, -0.2) is 22.8 Å². The molecule has 8 heteroatoms. The van der Waals surface area contributed by atoms with Crippen LogP contribution in [0, 0.1) is 10.1 Å². The summed E-state index contributed by atoms with van der Waals surface area (Å²) < 4.78 is 0.464. The number of nitro benzene ring substituents is 1. The van der Waals surface area contributed by atoms with E-state index in [2.05, 4.69) is 26.6 Å². The Morgan fingerprint density at radius 1 is 1.33 bits per heavy atom. The number of hydrogen-bond donors (Lipinski definition) is 2. The average Bonchev–Trinajstić information content (AvgIpc) is 2.69. The van der Waals surface area contributed by atoms with Crippen LogP contribution in [0.4, 0.5) is 11.4 Å². The molecule has 0 aromatic heterocycles. The number of nitrogens with zero attached hydrogens (tertiary/aromatic N) is 1. The third-order valence-corrected chi connectivity index (χ3v) is 3.88. The molecule has 1 aliphatic rings. The molecule has 0 aliphatic heterocycles. The monoisotopic (exact) mass is 355 g/mol. The molecule has 0 heterocycles. The Balaban J connectivity index is 2.48. The van der Waals surface area contributed by atoms with E-state index in [4.69, 9.17) is 0 Å². The molecule has 0 saturated heterocycles. The Kier molecular flexibility index (Phi) is 4.26. The normalized spacial score (nSPS) is 16.2. The van der Waals surface area contributed by atoms with Gasteiger partial charge in [-0.2, -0.15) is 0 Å². The molecule has 0 bridgehead atoms. The minimum atomic E-state index is -0.495. The fourth-order valence-electron chi connectivity index (χ4n) is 2.61. The van der Waals surface area contributed by atoms with Crippen LogP contribution >= 0.6 is 15.9 Å². The third kappa shape index (κ3) is 3.21. The van der Waals surface area contributed by atoms with E-state index in [1.807, 2.05) is 0 Å². The minimum absolute atomic E-state index is 0.109. The van der Waals surface area contributed by atoms with Gasteiger partial charge in [-0.25, -0.2) is 0 Å². The zero-order valence-corrected chi connectivity index (χ0v) is 13.1. The van der Waals surface area contributed by atoms with Crippen molar-refractivity contribution in [1.82, 2.24) is 5.32 Å². The molecule has 1 unspecified atom stereocenters. The lowest BCUT2D eigenvalue weighted by atomic mass is 10.1. The third-order valence-electron chi connectivity index (χ3n) is 3.26. The van der Waals surface area contributed by atoms with Crippen LogP contribution in [0.2, 0.25) is 0 Å². The molecule has 1 atom stereocenters. The zero-order valence-electron chi connectivity index (χ0n) is 11.5. The van der Waals surface area contributed by atoms with Gasteiger partial charge in [0.05, 0.1) is 4.92 Å². The van der Waals surface area contributed by atoms with Gasteiger partial charge < -0.3 is 10.6 Å². The van der Waals surface area contributed by atoms with Crippen LogP contribution < -0.4 is 10.6 Å². The molecule has 0 saturated carbocycles. The maximum atomic E-state index is 11.4. The molecule has 1 aromatic carbocycles. The standard InChI is InChI=1S/C13H14BrN3O4/c1-6(18)15-9-3-8-4-11(14)12(16-7(2)19)13(17(20)21)10(8)5-9/h4,9H,3,5H2,1-2H3,(H,15,18)(H,16,19). The van der Waals surface area contributed by atoms with Crippen LogP contribution in [0.5, 0.6) is 0 Å². The van der Waals surface area contributed by atoms with Crippen molar-refractivity contribution in [3.8, 4) is 0 Å². The first-order valence-electron chi connectivity index (χ1n) is 6.33. The summed E-state index contributed by atoms with van der Waals surface area (Å²) in [4.78, 5) is 33.3. The van der Waals surface area contributed by atoms with Crippen molar-refractivity contribution in [2.75, 3.05) is 5.32 Å². The molecule has 1 aromatic rings. The molecule has 0 fully saturated rings. The number of rotatable bonds is 3. The maximum absolute atomic E-state index is 11.4. The molecule has 0 radical (unpaired) electrons. The fraction of sp³-hybridized carbons (Fsp3) is 0.385. The Morgan fingerprint density at radius 3 is 2.52 bits per heavy atom. The predicted octanol–water partition coefficient (Wildman–Crippen LogP) is 1.92. The molecule has 1 aliphatic carbocycles. The quantitative estimate of drug-likeness (QED) is 0.638. The average molecular weight is 356 g/mol. The van der Waals surface area contributed by atoms with Crippen LogP contribution in [0.1, 0.15) is 25.0 Å². The van der Waals surface area contributed by atoms with E-state index in [1.54, 1.807) is 6.07 Å². The highest BCUT2D eigenvalue weighted by Gasteiger charge is 2.33. The maximum Gasteiger partial charge on any atom is 0.297 e. The summed E-state index contributed by atoms with van der Waals surface area (Å²) >= 11 is 3.26. The molecule has 7 nitrogen and oxygen atoms in total. The molecular formula is C13H14BrN3O4. The first-order chi connectivity index (χ1) is 9.79. The molecular weight excluding hydrogens is 342 g/mol. The van der Waals surface area contributed by atoms with Gasteiger partial charge in [-0.05, 0) is 34.0 Å². The number of nitrogens with one attached hydrogen (secondary N) is 2. The second-order valence-electron chi connectivity index (χ2n) is 4.96. The highest BCUT2D eigenvalue weighted by molar-refractivity contribution is 9.10. The smallest absolute Gasteiger partial charge is 0.297 e. The second kappa shape index (κ2) is 5.80. The summed E-state index contributed by atoms with van der Waals surface area (Å²) in [6.07, 6.45) is 0.916. The second-order valence-corrected chi connectivity index (χ2v) is 5.82. The highest BCUT2D eigenvalue weighted by atomic mass is 79.9. The van der Waals surface area contributed by atoms with Gasteiger partial charge in [0.1, 0.15) is 5.69 Å². The van der Waals surface area contributed by atoms with Gasteiger partial charge in [0, 0.05) is 36.3 Å². The lowest BCUT2D eigenvalue weighted by Crippen LogP contribution is -2.33. The number of hydrogen-bond acceptors (Lipinski definition) is 4. The number of benzene rings is 1. The van der Waals surface area contributed by atoms with E-state index < -0.39 is 4.92 Å². The van der Waals surface area contributed by atoms with E-state index in [0.29, 0.717) is 22.9 Å². The molecule has 112 valence electrons. The minimum Gasteiger partial charge on any atom is -0.353 e. The largest absolute Gasteiger partial charge is 0.353 e. The molecule has 2 amide bonds. The van der Waals surface area contributed by atoms with Gasteiger partial charge >= 0.3 is 0 Å². The lowest BCUT2D eigenvalue weighted by molar-refractivity contribution is -0.384. The van der Waals surface area contributed by atoms with Gasteiger partial charge in [-0.15, -0.1) is 0 Å². The van der Waals surface area contributed by atoms with E-state index in [-0.39, 0.29) is 29.2 Å². The van der Waals surface area contributed by atoms with Crippen molar-refractivity contribution in [3.05, 3.63) is 31.8 Å². The summed E-state index contributed by atoms with van der Waals surface area (Å²) in [6.45, 7) is 2.71. The van der Waals surface area contributed by atoms with Crippen molar-refractivity contribution in [2.24, 2.45) is 0 Å². The molecule has 21 heavy (non-hydrogen) atoms. The number of carbonyl (C=O) groups excluding carboxylic acids is 2. The SMILES string of the molecule is CC(=O)Nc1c(Br)cc2c(c1[N+](=O)[O-])CC(NC(C)=O)C2. The first kappa shape index (κ1) is 15.4. The predicted molar refractivity (Wildman–Crippen MR) is 80.1 cm³/mol. The van der Waals surface area contributed by atoms with Crippen molar-refractivity contribution < 1.29 is 14.5 Å². The van der Waals surface area contributed by atoms with Crippen LogP contribution in [0.25, 0.3) is 0 Å². The Bertz CT molecular complexity index is 645. The number of anilines is 1. The molecule has 2 rings (SSSR count). The highest BCUT2D eigenvalue weighted by Crippen LogP contribution is 2.41. The number of nitro groups is 1. The number of halogens is 1. The number of carbonyl (C=O) groups is 2. The van der Waals surface area contributed by atoms with Crippen molar-refractivity contribution in [3.63, 3.8) is 0 Å². The summed E-state index contributed by atoms with van der Waals surface area (Å²) in [7, 11) is 0. The first-order valence-corrected chi connectivity index (χ1v) is 7.12. The summed E-state index contributed by atoms with van der Waals surface area (Å²) in [5.41, 5.74) is 1.42. The lowest BCUT2D eigenvalue weighted by Gasteiger charge is -2.10. The van der Waals surface area contributed by atoms with E-state index in [9.17, 15) is 19.7 Å². The topological polar surface area (TPSA) is 101 Å². The Labute approximate surface area is 129 Å². The van der Waals surface area contributed by atoms with Crippen LogP contribution in [0.3, 0.4) is 0 Å². The number of amides is 2. The van der Waals surface area contributed by atoms with Gasteiger partial charge in [0.25, 0.3) is 5.69 Å². The van der Waals surface area contributed by atoms with E-state index in [1.165, 1.54) is 13.8 Å². The van der Waals surface area contributed by atoms with Gasteiger partial charge in [0.2, 0.25) is 11.8 Å². The Morgan fingerprint density at radius 2 is 2.00 bits per heavy atom. The summed E-state index contributed by atoms with van der Waals surface area (Å²) in [6, 6.07) is 1.60. The Hall–Kier alpha value is -1.96. The van der Waals surface area contributed by atoms with Crippen molar-refractivity contribution in [2.45, 2.75) is 32.7 Å². The number of fused-ring (bicyclic) bond motifs is 1. The summed E-state index contributed by atoms with van der Waals surface area (Å²) in [5.74, 6) is -0.549. The van der Waals surface area contributed by atoms with Gasteiger partial charge in [-0.3, -0.25) is 19.7 Å². The molecule has 0 spiro atoms. The summed E-state index contributed by atoms with van der Waals surface area (Å²) in [5, 5.41) is 16.7. The van der Waals surface area contributed by atoms with Crippen LogP contribution in [0.15, 0.2) is 10.5 Å². The van der Waals surface area contributed by atoms with Gasteiger partial charge in [0.15, 0.2) is 0 Å². The van der Waals surface area contributed by atoms with E-state index in [0.717, 1.165) is 5.56 Å². The van der Waals surface area contributed by atoms with Crippen LogP contribution in [-0.2, 0) is 22.4 Å². The van der Waals surface area contributed by atoms with E-state index >= 15 is 0 Å². The van der Waals surface area contributed by atoms with Crippen molar-refractivity contribution in [1.29, 1.82) is 0 Å². The molecule has 2 N–H and O–H groups in total. The van der Waals surface area contributed by atoms with Gasteiger partial charge in [-0.1, -0.05) is 0 Å². The fourth-order valence-corrected chi connectivity index (χ4v) is 3.17. The van der Waals surface area contributed by atoms with Crippen molar-refractivity contribution >= 4 is 39.1 Å².